The third kappa shape index (κ3) is 35.3. The summed E-state index contributed by atoms with van der Waals surface area (Å²) in [5.74, 6) is -1.90. The van der Waals surface area contributed by atoms with Crippen molar-refractivity contribution < 1.29 is 70.1 Å². The number of piperidine rings is 1. The first-order valence-corrected chi connectivity index (χ1v) is 51.3. The highest BCUT2D eigenvalue weighted by atomic mass is 32.2. The van der Waals surface area contributed by atoms with Gasteiger partial charge in [-0.2, -0.15) is 25.1 Å². The fraction of sp³-hybridized carbons (Fsp3) is 0.396. The van der Waals surface area contributed by atoms with Crippen LogP contribution in [0, 0.1) is 26.7 Å². The van der Waals surface area contributed by atoms with E-state index in [-0.39, 0.29) is 91.2 Å². The van der Waals surface area contributed by atoms with Crippen LogP contribution in [0.2, 0.25) is 0 Å². The minimum Gasteiger partial charge on any atom is -0.872 e. The highest BCUT2D eigenvalue weighted by molar-refractivity contribution is 8.02. The highest BCUT2D eigenvalue weighted by Gasteiger charge is 2.64. The Morgan fingerprint density at radius 3 is 1.06 bits per heavy atom. The topological polar surface area (TPSA) is 262 Å². The van der Waals surface area contributed by atoms with Gasteiger partial charge in [-0.05, 0) is 218 Å². The monoisotopic (exact) mass is 1890 g/mol. The molecule has 0 spiro atoms. The van der Waals surface area contributed by atoms with Gasteiger partial charge in [-0.3, -0.25) is 4.79 Å². The van der Waals surface area contributed by atoms with Gasteiger partial charge in [-0.15, -0.1) is 6.54 Å². The number of benzene rings is 10. The average Bonchev–Trinajstić information content (AvgIpc) is 1.55. The largest absolute Gasteiger partial charge is 0.872 e. The lowest BCUT2D eigenvalue weighted by molar-refractivity contribution is -0.268. The second kappa shape index (κ2) is 55.7. The smallest absolute Gasteiger partial charge is 0.423 e. The summed E-state index contributed by atoms with van der Waals surface area (Å²) >= 11 is -0.301. The van der Waals surface area contributed by atoms with Crippen LogP contribution in [0.15, 0.2) is 341 Å². The Morgan fingerprint density at radius 2 is 0.817 bits per heavy atom. The van der Waals surface area contributed by atoms with Crippen molar-refractivity contribution in [1.82, 2.24) is 9.80 Å². The van der Waals surface area contributed by atoms with E-state index in [2.05, 4.69) is 303 Å². The van der Waals surface area contributed by atoms with E-state index in [1.165, 1.54) is 107 Å². The molecule has 131 heavy (non-hydrogen) atoms. The van der Waals surface area contributed by atoms with Gasteiger partial charge in [0, 0.05) is 46.9 Å². The molecule has 4 saturated carbocycles. The van der Waals surface area contributed by atoms with Crippen molar-refractivity contribution in [3.63, 3.8) is 0 Å². The molecule has 10 aromatic carbocycles. The first-order valence-electron chi connectivity index (χ1n) is 45.3. The van der Waals surface area contributed by atoms with Crippen LogP contribution in [0.25, 0.3) is 4.72 Å². The first-order chi connectivity index (χ1) is 62.9. The summed E-state index contributed by atoms with van der Waals surface area (Å²) < 4.78 is 81.3. The number of aliphatic hydroxyl groups is 1. The second-order valence-corrected chi connectivity index (χ2v) is 42.3. The number of aromatic carboxylic acids is 1. The number of alkyl halides is 3. The summed E-state index contributed by atoms with van der Waals surface area (Å²) in [5, 5.41) is 28.4. The molecular weight excluding hydrogens is 1760 g/mol. The number of unbranched alkanes of at least 4 members (excludes halogenated alkanes) is 1. The van der Waals surface area contributed by atoms with E-state index in [0.29, 0.717) is 57.4 Å². The number of carbonyl (C=O) groups excluding carboxylic acids is 3. The van der Waals surface area contributed by atoms with Crippen molar-refractivity contribution in [1.29, 1.82) is 0 Å². The normalized spacial score (nSPS) is 16.5. The number of carbonyl (C=O) groups is 4. The number of Topliss-reactive ketones (excluding diaryl/α,β-unsaturated/α-hetero) is 1. The zero-order valence-electron chi connectivity index (χ0n) is 76.9. The van der Waals surface area contributed by atoms with E-state index in [1.807, 2.05) is 41.5 Å². The van der Waals surface area contributed by atoms with E-state index in [4.69, 9.17) is 24.5 Å². The number of ether oxygens (including phenoxy) is 2. The van der Waals surface area contributed by atoms with Crippen LogP contribution in [0.4, 0.5) is 22.8 Å². The van der Waals surface area contributed by atoms with Gasteiger partial charge in [-0.1, -0.05) is 281 Å². The second-order valence-electron chi connectivity index (χ2n) is 34.0. The lowest BCUT2D eigenvalue weighted by Gasteiger charge is -2.42. The zero-order chi connectivity index (χ0) is 95.3. The Morgan fingerprint density at radius 1 is 0.504 bits per heavy atom. The molecular formula is C106H130F3N3O14S5. The molecule has 4 aliphatic carbocycles. The summed E-state index contributed by atoms with van der Waals surface area (Å²) in [6.45, 7) is 19.3. The lowest BCUT2D eigenvalue weighted by Crippen LogP contribution is -2.50. The van der Waals surface area contributed by atoms with Gasteiger partial charge < -0.3 is 43.9 Å². The number of para-hydroxylation sites is 1. The Balaban J connectivity index is 0.000000206. The number of ketones is 1. The van der Waals surface area contributed by atoms with Gasteiger partial charge in [0.1, 0.15) is 17.0 Å². The minimum absolute atomic E-state index is 0.0146. The predicted octanol–water partition coefficient (Wildman–Crippen LogP) is 26.6. The summed E-state index contributed by atoms with van der Waals surface area (Å²) in [6.07, 6.45) is 19.1. The molecule has 1 aliphatic heterocycles. The number of fused-ring (bicyclic) bond motifs is 2. The minimum atomic E-state index is -4.33. The number of carboxylic acids is 1. The third-order valence-electron chi connectivity index (χ3n) is 23.8. The van der Waals surface area contributed by atoms with Crippen LogP contribution in [0.3, 0.4) is 0 Å². The van der Waals surface area contributed by atoms with Crippen molar-refractivity contribution >= 4 is 78.7 Å². The van der Waals surface area contributed by atoms with Crippen LogP contribution in [0.1, 0.15) is 201 Å². The molecule has 704 valence electrons. The molecule has 25 heteroatoms. The number of amides is 2. The SMILES string of the molecule is CC(C)(C)OC(=O)N(C1CCCCC1)C1CCCCC1.CC1(C)C2CCC1(CS(=O)(=O)[O-])C(=O)C2.CCC(CC)(CC)OC(=O)N1CCC(O)CC1.CCCC[N-]SC(F)(F)F.O=C(O)c1ccccc1[O-].O=O.c1ccc([S+](c2ccccc2)c2ccccc2)cc1.c1ccc([S+](c2ccccc2)c2ccccc2)cc1.c1ccc([S+](c2ccccc2)c2ccccc2)cc1. The molecule has 1 heterocycles. The fourth-order valence-electron chi connectivity index (χ4n) is 16.5. The highest BCUT2D eigenvalue weighted by Crippen LogP contribution is 2.64. The van der Waals surface area contributed by atoms with Crippen LogP contribution >= 0.6 is 11.9 Å². The molecule has 0 aromatic heterocycles. The Bertz CT molecular complexity index is 4420. The number of halogens is 3. The van der Waals surface area contributed by atoms with Crippen LogP contribution < -0.4 is 5.11 Å². The zero-order valence-corrected chi connectivity index (χ0v) is 81.0. The Hall–Kier alpha value is -9.70. The van der Waals surface area contributed by atoms with E-state index in [0.717, 1.165) is 64.2 Å². The molecule has 2 N–H and O–H groups in total. The summed E-state index contributed by atoms with van der Waals surface area (Å²) in [6, 6.07) is 103. The van der Waals surface area contributed by atoms with E-state index in [1.54, 1.807) is 4.90 Å². The number of hydrogen-bond acceptors (Lipinski definition) is 14. The average molecular weight is 1890 g/mol. The molecule has 2 amide bonds. The molecule has 5 aliphatic rings. The third-order valence-corrected chi connectivity index (χ3v) is 31.8. The maximum Gasteiger partial charge on any atom is 0.423 e. The summed E-state index contributed by atoms with van der Waals surface area (Å²) in [5.41, 5.74) is -6.30. The van der Waals surface area contributed by atoms with Crippen LogP contribution in [-0.2, 0) is 57.1 Å². The fourth-order valence-corrected chi connectivity index (χ4v) is 24.5. The number of aliphatic hydroxyl groups excluding tert-OH is 1. The van der Waals surface area contributed by atoms with Gasteiger partial charge >= 0.3 is 23.7 Å². The number of likely N-dealkylation sites (tertiary alicyclic amines) is 1. The van der Waals surface area contributed by atoms with Crippen molar-refractivity contribution in [2.24, 2.45) is 16.7 Å². The van der Waals surface area contributed by atoms with Gasteiger partial charge in [0.15, 0.2) is 44.1 Å². The van der Waals surface area contributed by atoms with Crippen LogP contribution in [0.5, 0.6) is 5.75 Å². The number of carboxylic acid groups (broad SMARTS) is 1. The lowest BCUT2D eigenvalue weighted by atomic mass is 9.70. The van der Waals surface area contributed by atoms with Gasteiger partial charge in [-0.25, -0.2) is 22.8 Å². The molecule has 0 radical (unpaired) electrons. The quantitative estimate of drug-likeness (QED) is 0.0277. The van der Waals surface area contributed by atoms with E-state index < -0.39 is 44.1 Å². The Labute approximate surface area is 788 Å². The van der Waals surface area contributed by atoms with Crippen molar-refractivity contribution in [3.05, 3.63) is 317 Å². The van der Waals surface area contributed by atoms with E-state index >= 15 is 0 Å². The molecule has 17 nitrogen and oxygen atoms in total. The van der Waals surface area contributed by atoms with Crippen molar-refractivity contribution in [2.45, 2.75) is 270 Å². The maximum atomic E-state index is 12.7. The predicted molar refractivity (Wildman–Crippen MR) is 523 cm³/mol. The Kier molecular flexibility index (Phi) is 46.1. The number of nitrogens with zero attached hydrogens (tertiary/aromatic N) is 3. The molecule has 10 aromatic rings. The van der Waals surface area contributed by atoms with Crippen molar-refractivity contribution in [2.75, 3.05) is 25.4 Å². The molecule has 2 unspecified atom stereocenters. The molecule has 1 saturated heterocycles. The van der Waals surface area contributed by atoms with Crippen LogP contribution in [-0.4, -0.2) is 117 Å². The van der Waals surface area contributed by atoms with Gasteiger partial charge in [0.25, 0.3) is 0 Å². The number of hydrogen-bond donors (Lipinski definition) is 2. The summed E-state index contributed by atoms with van der Waals surface area (Å²) in [7, 11) is -4.37. The standard InChI is InChI=1S/3C18H15S.C17H31NO2.C13H25NO3.C10H16O4S.C7H6O3.C5H9F3NS.O2/c3*1-4-10-16(11-5-1)19(17-12-6-2-7-13-17)18-14-8-3-9-15-18;1-17(2,3)20-16(19)18(14-10-6-4-7-11-14)15-12-8-5-9-13-15;1-4-13(5-2,6-3)17-12(16)14-9-7-11(15)8-10-14;1-9(2)7-3-4-10(9,8(11)5-7)6-15(12,13)14;8-6-4-2-1-3-5(6)7(9)10;1-2-3-4-9-10-5(6,7)8;1-2/h3*1-15H;14-15H,4-13H2,1-3H3;11,15H,4-10H2,1-3H3;7H,3-6H2,1-2H3,(H,12,13,14);1-4,8H,(H,9,10);2-4H2,1H3;/q3*+1;;;;;-1;/p-2. The summed E-state index contributed by atoms with van der Waals surface area (Å²) in [4.78, 5) is 76.8. The number of rotatable bonds is 22. The molecule has 2 atom stereocenters. The molecule has 5 fully saturated rings. The molecule has 2 bridgehead atoms. The van der Waals surface area contributed by atoms with Gasteiger partial charge in [0.05, 0.1) is 60.2 Å². The van der Waals surface area contributed by atoms with E-state index in [9.17, 15) is 55.5 Å². The molecule has 15 rings (SSSR count). The van der Waals surface area contributed by atoms with Crippen molar-refractivity contribution in [3.8, 4) is 5.75 Å². The van der Waals surface area contributed by atoms with Gasteiger partial charge in [0.2, 0.25) is 0 Å². The first kappa shape index (κ1) is 108. The maximum absolute atomic E-state index is 12.7.